The summed E-state index contributed by atoms with van der Waals surface area (Å²) in [4.78, 5) is 20.3. The van der Waals surface area contributed by atoms with Gasteiger partial charge in [0.15, 0.2) is 0 Å². The molecule has 1 amide bonds. The monoisotopic (exact) mass is 360 g/mol. The SMILES string of the molecule is O=C(NC1CCCC1)C1CCCN(Cc2nc(-c3cccs3)no2)C1. The van der Waals surface area contributed by atoms with Crippen LogP contribution in [0.3, 0.4) is 0 Å². The Morgan fingerprint density at radius 2 is 2.20 bits per heavy atom. The smallest absolute Gasteiger partial charge is 0.241 e. The number of piperidine rings is 1. The number of nitrogens with one attached hydrogen (secondary N) is 1. The summed E-state index contributed by atoms with van der Waals surface area (Å²) in [5.74, 6) is 1.58. The van der Waals surface area contributed by atoms with Crippen LogP contribution in [0.1, 0.15) is 44.4 Å². The zero-order valence-electron chi connectivity index (χ0n) is 14.3. The Hall–Kier alpha value is -1.73. The summed E-state index contributed by atoms with van der Waals surface area (Å²) in [6.45, 7) is 2.37. The minimum atomic E-state index is 0.0778. The molecule has 2 aromatic rings. The maximum atomic E-state index is 12.5. The van der Waals surface area contributed by atoms with Gasteiger partial charge in [0, 0.05) is 12.6 Å². The predicted octanol–water partition coefficient (Wildman–Crippen LogP) is 3.07. The first kappa shape index (κ1) is 16.7. The number of thiophene rings is 1. The highest BCUT2D eigenvalue weighted by Gasteiger charge is 2.28. The molecular formula is C18H24N4O2S. The third-order valence-electron chi connectivity index (χ3n) is 5.15. The first-order valence-electron chi connectivity index (χ1n) is 9.17. The topological polar surface area (TPSA) is 71.3 Å². The fourth-order valence-electron chi connectivity index (χ4n) is 3.82. The van der Waals surface area contributed by atoms with E-state index in [0.29, 0.717) is 24.3 Å². The second-order valence-electron chi connectivity index (χ2n) is 7.05. The molecule has 0 radical (unpaired) electrons. The molecule has 1 aliphatic carbocycles. The Morgan fingerprint density at radius 1 is 1.32 bits per heavy atom. The lowest BCUT2D eigenvalue weighted by molar-refractivity contribution is -0.127. The van der Waals surface area contributed by atoms with Crippen molar-refractivity contribution in [2.75, 3.05) is 13.1 Å². The average Bonchev–Trinajstić information content (AvgIpc) is 3.37. The summed E-state index contributed by atoms with van der Waals surface area (Å²) in [6, 6.07) is 4.37. The Morgan fingerprint density at radius 3 is 3.00 bits per heavy atom. The Labute approximate surface area is 151 Å². The van der Waals surface area contributed by atoms with Gasteiger partial charge in [-0.3, -0.25) is 9.69 Å². The predicted molar refractivity (Wildman–Crippen MR) is 96.0 cm³/mol. The third kappa shape index (κ3) is 4.10. The number of nitrogens with zero attached hydrogens (tertiary/aromatic N) is 3. The van der Waals surface area contributed by atoms with Gasteiger partial charge in [-0.2, -0.15) is 4.98 Å². The van der Waals surface area contributed by atoms with Gasteiger partial charge in [-0.25, -0.2) is 0 Å². The molecular weight excluding hydrogens is 336 g/mol. The number of carbonyl (C=O) groups excluding carboxylic acids is 1. The van der Waals surface area contributed by atoms with Crippen molar-refractivity contribution < 1.29 is 9.32 Å². The van der Waals surface area contributed by atoms with E-state index in [1.807, 2.05) is 17.5 Å². The highest BCUT2D eigenvalue weighted by Crippen LogP contribution is 2.24. The summed E-state index contributed by atoms with van der Waals surface area (Å²) in [7, 11) is 0. The van der Waals surface area contributed by atoms with Gasteiger partial charge in [-0.05, 0) is 43.7 Å². The molecule has 1 N–H and O–H groups in total. The van der Waals surface area contributed by atoms with Crippen molar-refractivity contribution in [3.8, 4) is 10.7 Å². The molecule has 0 bridgehead atoms. The first-order valence-corrected chi connectivity index (χ1v) is 10.0. The van der Waals surface area contributed by atoms with Crippen molar-refractivity contribution in [1.29, 1.82) is 0 Å². The molecule has 25 heavy (non-hydrogen) atoms. The highest BCUT2D eigenvalue weighted by atomic mass is 32.1. The number of amides is 1. The summed E-state index contributed by atoms with van der Waals surface area (Å²) < 4.78 is 5.40. The van der Waals surface area contributed by atoms with Gasteiger partial charge in [-0.1, -0.05) is 24.1 Å². The quantitative estimate of drug-likeness (QED) is 0.887. The maximum Gasteiger partial charge on any atom is 0.241 e. The fraction of sp³-hybridized carbons (Fsp3) is 0.611. The van der Waals surface area contributed by atoms with Crippen molar-refractivity contribution in [3.63, 3.8) is 0 Å². The molecule has 1 saturated heterocycles. The van der Waals surface area contributed by atoms with E-state index in [9.17, 15) is 4.79 Å². The maximum absolute atomic E-state index is 12.5. The molecule has 2 aliphatic rings. The molecule has 3 heterocycles. The van der Waals surface area contributed by atoms with Crippen molar-refractivity contribution >= 4 is 17.2 Å². The number of aromatic nitrogens is 2. The van der Waals surface area contributed by atoms with Gasteiger partial charge in [0.25, 0.3) is 0 Å². The van der Waals surface area contributed by atoms with Crippen LogP contribution in [0.4, 0.5) is 0 Å². The first-order chi connectivity index (χ1) is 12.3. The van der Waals surface area contributed by atoms with E-state index in [-0.39, 0.29) is 11.8 Å². The minimum Gasteiger partial charge on any atom is -0.353 e. The Bertz CT molecular complexity index is 694. The van der Waals surface area contributed by atoms with Crippen LogP contribution in [0, 0.1) is 5.92 Å². The van der Waals surface area contributed by atoms with E-state index in [2.05, 4.69) is 20.4 Å². The van der Waals surface area contributed by atoms with E-state index < -0.39 is 0 Å². The molecule has 1 unspecified atom stereocenters. The Kier molecular flexibility index (Phi) is 5.12. The van der Waals surface area contributed by atoms with E-state index in [1.54, 1.807) is 11.3 Å². The zero-order chi connectivity index (χ0) is 17.1. The van der Waals surface area contributed by atoms with E-state index in [1.165, 1.54) is 12.8 Å². The standard InChI is InChI=1S/C18H24N4O2S/c23-18(19-14-6-1-2-7-14)13-5-3-9-22(11-13)12-16-20-17(21-24-16)15-8-4-10-25-15/h4,8,10,13-14H,1-3,5-7,9,11-12H2,(H,19,23). The van der Waals surface area contributed by atoms with Crippen LogP contribution in [0.2, 0.25) is 0 Å². The van der Waals surface area contributed by atoms with E-state index in [0.717, 1.165) is 43.6 Å². The highest BCUT2D eigenvalue weighted by molar-refractivity contribution is 7.13. The lowest BCUT2D eigenvalue weighted by Gasteiger charge is -2.31. The molecule has 134 valence electrons. The molecule has 1 atom stereocenters. The van der Waals surface area contributed by atoms with Crippen molar-refractivity contribution in [2.45, 2.75) is 51.1 Å². The number of hydrogen-bond donors (Lipinski definition) is 1. The lowest BCUT2D eigenvalue weighted by Crippen LogP contribution is -2.45. The average molecular weight is 360 g/mol. The summed E-state index contributed by atoms with van der Waals surface area (Å²) in [5.41, 5.74) is 0. The van der Waals surface area contributed by atoms with Crippen LogP contribution in [-0.4, -0.2) is 40.1 Å². The summed E-state index contributed by atoms with van der Waals surface area (Å²) >= 11 is 1.60. The van der Waals surface area contributed by atoms with Crippen LogP contribution >= 0.6 is 11.3 Å². The van der Waals surface area contributed by atoms with Gasteiger partial charge >= 0.3 is 0 Å². The van der Waals surface area contributed by atoms with Gasteiger partial charge in [0.05, 0.1) is 17.3 Å². The van der Waals surface area contributed by atoms with Crippen LogP contribution < -0.4 is 5.32 Å². The van der Waals surface area contributed by atoms with Crippen molar-refractivity contribution in [2.24, 2.45) is 5.92 Å². The molecule has 0 aromatic carbocycles. The minimum absolute atomic E-state index is 0.0778. The van der Waals surface area contributed by atoms with Gasteiger partial charge in [-0.15, -0.1) is 11.3 Å². The summed E-state index contributed by atoms with van der Waals surface area (Å²) in [5, 5.41) is 9.31. The van der Waals surface area contributed by atoms with Crippen molar-refractivity contribution in [3.05, 3.63) is 23.4 Å². The molecule has 0 spiro atoms. The molecule has 1 aliphatic heterocycles. The van der Waals surface area contributed by atoms with Crippen LogP contribution in [0.25, 0.3) is 10.7 Å². The van der Waals surface area contributed by atoms with Crippen LogP contribution in [0.5, 0.6) is 0 Å². The van der Waals surface area contributed by atoms with Gasteiger partial charge in [0.2, 0.25) is 17.6 Å². The Balaban J connectivity index is 1.32. The second-order valence-corrected chi connectivity index (χ2v) is 8.00. The zero-order valence-corrected chi connectivity index (χ0v) is 15.1. The molecule has 1 saturated carbocycles. The number of hydrogen-bond acceptors (Lipinski definition) is 6. The molecule has 2 aromatic heterocycles. The third-order valence-corrected chi connectivity index (χ3v) is 6.01. The van der Waals surface area contributed by atoms with Crippen LogP contribution in [0.15, 0.2) is 22.0 Å². The second kappa shape index (κ2) is 7.66. The number of likely N-dealkylation sites (tertiary alicyclic amines) is 1. The molecule has 7 heteroatoms. The van der Waals surface area contributed by atoms with Gasteiger partial charge < -0.3 is 9.84 Å². The molecule has 2 fully saturated rings. The van der Waals surface area contributed by atoms with Crippen molar-refractivity contribution in [1.82, 2.24) is 20.4 Å². The number of carbonyl (C=O) groups is 1. The number of rotatable bonds is 5. The molecule has 4 rings (SSSR count). The van der Waals surface area contributed by atoms with Gasteiger partial charge in [0.1, 0.15) is 0 Å². The molecule has 6 nitrogen and oxygen atoms in total. The van der Waals surface area contributed by atoms with Crippen LogP contribution in [-0.2, 0) is 11.3 Å². The summed E-state index contributed by atoms with van der Waals surface area (Å²) in [6.07, 6.45) is 6.76. The van der Waals surface area contributed by atoms with E-state index in [4.69, 9.17) is 4.52 Å². The normalized spacial score (nSPS) is 22.3. The largest absolute Gasteiger partial charge is 0.353 e. The lowest BCUT2D eigenvalue weighted by atomic mass is 9.96. The van der Waals surface area contributed by atoms with E-state index >= 15 is 0 Å². The fourth-order valence-corrected chi connectivity index (χ4v) is 4.47.